The molecule has 27 heavy (non-hydrogen) atoms. The van der Waals surface area contributed by atoms with E-state index in [0.29, 0.717) is 17.1 Å². The lowest BCUT2D eigenvalue weighted by Crippen LogP contribution is -2.20. The summed E-state index contributed by atoms with van der Waals surface area (Å²) in [5, 5.41) is 0.883. The van der Waals surface area contributed by atoms with Crippen LogP contribution in [0.3, 0.4) is 0 Å². The fraction of sp³-hybridized carbons (Fsp3) is 0.600. The van der Waals surface area contributed by atoms with Crippen molar-refractivity contribution in [1.29, 1.82) is 0 Å². The van der Waals surface area contributed by atoms with E-state index in [1.54, 1.807) is 0 Å². The van der Waals surface area contributed by atoms with Gasteiger partial charge in [0.05, 0.1) is 0 Å². The summed E-state index contributed by atoms with van der Waals surface area (Å²) in [6.45, 7) is 4.90. The fourth-order valence-electron chi connectivity index (χ4n) is 2.26. The summed E-state index contributed by atoms with van der Waals surface area (Å²) >= 11 is 5.18. The Bertz CT molecular complexity index is 644. The maximum atomic E-state index is 12.1. The van der Waals surface area contributed by atoms with Gasteiger partial charge >= 0.3 is 5.97 Å². The molecule has 0 radical (unpaired) electrons. The van der Waals surface area contributed by atoms with Gasteiger partial charge in [0.2, 0.25) is 0 Å². The molecule has 0 aliphatic rings. The van der Waals surface area contributed by atoms with Crippen LogP contribution >= 0.6 is 35.3 Å². The summed E-state index contributed by atoms with van der Waals surface area (Å²) in [6.07, 6.45) is 4.88. The minimum Gasteiger partial charge on any atom is -0.464 e. The smallest absolute Gasteiger partial charge is 0.316 e. The number of benzene rings is 1. The predicted octanol–water partition coefficient (Wildman–Crippen LogP) is 5.90. The number of para-hydroxylation sites is 2. The molecule has 0 saturated heterocycles. The van der Waals surface area contributed by atoms with Crippen molar-refractivity contribution in [2.75, 3.05) is 29.6 Å². The van der Waals surface area contributed by atoms with Crippen LogP contribution in [0.2, 0.25) is 0 Å². The predicted molar refractivity (Wildman–Crippen MR) is 119 cm³/mol. The van der Waals surface area contributed by atoms with Gasteiger partial charge in [-0.1, -0.05) is 50.6 Å². The third-order valence-electron chi connectivity index (χ3n) is 3.82. The van der Waals surface area contributed by atoms with Crippen molar-refractivity contribution >= 4 is 52.4 Å². The molecule has 0 aliphatic carbocycles. The third kappa shape index (κ3) is 8.83. The first-order valence-corrected chi connectivity index (χ1v) is 12.7. The van der Waals surface area contributed by atoms with Crippen LogP contribution in [0.15, 0.2) is 33.9 Å². The number of aromatic nitrogens is 1. The highest BCUT2D eigenvalue weighted by atomic mass is 32.2. The van der Waals surface area contributed by atoms with Crippen molar-refractivity contribution in [3.05, 3.63) is 24.3 Å². The van der Waals surface area contributed by atoms with Gasteiger partial charge in [-0.15, -0.1) is 0 Å². The molecule has 2 aromatic rings. The van der Waals surface area contributed by atoms with Crippen molar-refractivity contribution in [2.45, 2.75) is 50.0 Å². The summed E-state index contributed by atoms with van der Waals surface area (Å²) in [4.78, 5) is 16.5. The summed E-state index contributed by atoms with van der Waals surface area (Å²) in [5.74, 6) is 3.37. The number of rotatable bonds is 14. The second kappa shape index (κ2) is 13.4. The molecule has 2 rings (SSSR count). The zero-order valence-electron chi connectivity index (χ0n) is 16.1. The van der Waals surface area contributed by atoms with E-state index in [0.717, 1.165) is 22.6 Å². The number of hydrogen-bond donors (Lipinski definition) is 0. The zero-order chi connectivity index (χ0) is 19.3. The first-order valence-electron chi connectivity index (χ1n) is 9.56. The maximum Gasteiger partial charge on any atom is 0.316 e. The Kier molecular flexibility index (Phi) is 11.2. The molecule has 1 atom stereocenters. The van der Waals surface area contributed by atoms with Gasteiger partial charge in [0, 0.05) is 11.0 Å². The highest BCUT2D eigenvalue weighted by Gasteiger charge is 2.14. The molecule has 1 heterocycles. The Morgan fingerprint density at radius 1 is 1.19 bits per heavy atom. The van der Waals surface area contributed by atoms with Crippen molar-refractivity contribution in [3.63, 3.8) is 0 Å². The molecule has 1 aromatic heterocycles. The van der Waals surface area contributed by atoms with E-state index in [1.165, 1.54) is 43.2 Å². The number of fused-ring (bicyclic) bond motifs is 1. The van der Waals surface area contributed by atoms with E-state index in [9.17, 15) is 4.79 Å². The van der Waals surface area contributed by atoms with E-state index < -0.39 is 0 Å². The fourth-order valence-corrected chi connectivity index (χ4v) is 5.54. The average molecular weight is 428 g/mol. The molecule has 0 saturated carbocycles. The molecule has 150 valence electrons. The maximum absolute atomic E-state index is 12.1. The molecular weight excluding hydrogens is 398 g/mol. The summed E-state index contributed by atoms with van der Waals surface area (Å²) in [5.41, 5.74) is 1.55. The second-order valence-corrected chi connectivity index (χ2v) is 9.68. The number of carbonyl (C=O) groups is 1. The largest absolute Gasteiger partial charge is 0.464 e. The molecule has 0 aliphatic heterocycles. The Morgan fingerprint density at radius 2 is 1.96 bits per heavy atom. The van der Waals surface area contributed by atoms with Gasteiger partial charge in [0.1, 0.15) is 17.9 Å². The SMILES string of the molecule is CCCCSCC(COC(=O)CSc1nc2ccccc2o1)SCCCC. The summed E-state index contributed by atoms with van der Waals surface area (Å²) in [7, 11) is 0. The van der Waals surface area contributed by atoms with Gasteiger partial charge in [0.25, 0.3) is 5.22 Å². The van der Waals surface area contributed by atoms with Crippen LogP contribution in [-0.4, -0.2) is 45.8 Å². The van der Waals surface area contributed by atoms with Gasteiger partial charge < -0.3 is 9.15 Å². The first-order chi connectivity index (χ1) is 13.2. The van der Waals surface area contributed by atoms with Crippen LogP contribution in [0.1, 0.15) is 39.5 Å². The molecule has 0 fully saturated rings. The number of hydrogen-bond acceptors (Lipinski definition) is 7. The number of ether oxygens (including phenoxy) is 1. The van der Waals surface area contributed by atoms with Crippen LogP contribution in [0.4, 0.5) is 0 Å². The second-order valence-electron chi connectivity index (χ2n) is 6.19. The molecule has 1 aromatic carbocycles. The molecule has 1 unspecified atom stereocenters. The van der Waals surface area contributed by atoms with Crippen LogP contribution in [0, 0.1) is 0 Å². The van der Waals surface area contributed by atoms with Crippen LogP contribution in [-0.2, 0) is 9.53 Å². The van der Waals surface area contributed by atoms with Crippen LogP contribution < -0.4 is 0 Å². The Labute approximate surface area is 175 Å². The van der Waals surface area contributed by atoms with E-state index >= 15 is 0 Å². The minimum absolute atomic E-state index is 0.207. The zero-order valence-corrected chi connectivity index (χ0v) is 18.6. The average Bonchev–Trinajstić information content (AvgIpc) is 3.10. The number of unbranched alkanes of at least 4 members (excludes halogenated alkanes) is 2. The Balaban J connectivity index is 1.72. The number of nitrogens with zero attached hydrogens (tertiary/aromatic N) is 1. The van der Waals surface area contributed by atoms with E-state index in [4.69, 9.17) is 9.15 Å². The van der Waals surface area contributed by atoms with E-state index in [2.05, 4.69) is 18.8 Å². The molecule has 7 heteroatoms. The van der Waals surface area contributed by atoms with E-state index in [-0.39, 0.29) is 11.7 Å². The van der Waals surface area contributed by atoms with Gasteiger partial charge in [-0.3, -0.25) is 4.79 Å². The Hall–Kier alpha value is -0.790. The lowest BCUT2D eigenvalue weighted by atomic mass is 10.3. The highest BCUT2D eigenvalue weighted by Crippen LogP contribution is 2.24. The monoisotopic (exact) mass is 427 g/mol. The van der Waals surface area contributed by atoms with Crippen LogP contribution in [0.5, 0.6) is 0 Å². The minimum atomic E-state index is -0.207. The number of oxazole rings is 1. The van der Waals surface area contributed by atoms with Crippen molar-refractivity contribution < 1.29 is 13.9 Å². The highest BCUT2D eigenvalue weighted by molar-refractivity contribution is 8.03. The number of carbonyl (C=O) groups excluding carboxylic acids is 1. The lowest BCUT2D eigenvalue weighted by molar-refractivity contribution is -0.140. The van der Waals surface area contributed by atoms with Crippen molar-refractivity contribution in [3.8, 4) is 0 Å². The molecule has 0 N–H and O–H groups in total. The van der Waals surface area contributed by atoms with Gasteiger partial charge in [-0.25, -0.2) is 4.98 Å². The molecule has 4 nitrogen and oxygen atoms in total. The van der Waals surface area contributed by atoms with Crippen molar-refractivity contribution in [1.82, 2.24) is 4.98 Å². The Morgan fingerprint density at radius 3 is 2.74 bits per heavy atom. The number of esters is 1. The van der Waals surface area contributed by atoms with Crippen molar-refractivity contribution in [2.24, 2.45) is 0 Å². The first kappa shape index (κ1) is 22.5. The topological polar surface area (TPSA) is 52.3 Å². The quantitative estimate of drug-likeness (QED) is 0.211. The molecular formula is C20H29NO3S3. The van der Waals surface area contributed by atoms with Crippen LogP contribution in [0.25, 0.3) is 11.1 Å². The summed E-state index contributed by atoms with van der Waals surface area (Å²) < 4.78 is 11.1. The molecule has 0 bridgehead atoms. The van der Waals surface area contributed by atoms with Gasteiger partial charge in [-0.05, 0) is 36.5 Å². The standard InChI is InChI=1S/C20H29NO3S3/c1-3-5-11-25-14-16(26-12-6-4-2)13-23-19(22)15-27-20-21-17-9-7-8-10-18(17)24-20/h7-10,16H,3-6,11-15H2,1-2H3. The van der Waals surface area contributed by atoms with Gasteiger partial charge in [-0.2, -0.15) is 23.5 Å². The third-order valence-corrected chi connectivity index (χ3v) is 7.34. The number of thioether (sulfide) groups is 3. The normalized spacial score (nSPS) is 12.4. The lowest BCUT2D eigenvalue weighted by Gasteiger charge is -2.16. The van der Waals surface area contributed by atoms with Gasteiger partial charge in [0.15, 0.2) is 5.58 Å². The summed E-state index contributed by atoms with van der Waals surface area (Å²) in [6, 6.07) is 7.60. The molecule has 0 amide bonds. The molecule has 0 spiro atoms. The van der Waals surface area contributed by atoms with E-state index in [1.807, 2.05) is 47.8 Å².